The molecule has 4 heterocycles. The topological polar surface area (TPSA) is 46.8 Å². The molecule has 0 saturated carbocycles. The predicted octanol–water partition coefficient (Wildman–Crippen LogP) is 9.79. The first kappa shape index (κ1) is 26.0. The van der Waals surface area contributed by atoms with Crippen LogP contribution in [0.2, 0.25) is 0 Å². The Morgan fingerprint density at radius 2 is 1.31 bits per heavy atom. The van der Waals surface area contributed by atoms with Crippen molar-refractivity contribution in [2.75, 3.05) is 4.90 Å². The van der Waals surface area contributed by atoms with Crippen molar-refractivity contribution in [2.45, 2.75) is 10.6 Å². The fourth-order valence-electron chi connectivity index (χ4n) is 6.67. The number of hydrogen-bond donors (Lipinski definition) is 0. The van der Waals surface area contributed by atoms with Gasteiger partial charge in [0.15, 0.2) is 5.65 Å². The Morgan fingerprint density at radius 1 is 0.600 bits per heavy atom. The standard InChI is InChI=1S/C39H27N5S/c1-2-16-28(17-3-1)43(33-22-8-13-26-12-4-5-18-29(26)33)39-31-20-7-6-19-30(31)36(45-39)38-42-32-21-11-25-41-37(32)44(38)34-23-9-14-27-15-10-24-40-35(27)34/h1-25,36,39H. The Kier molecular flexibility index (Phi) is 6.13. The molecule has 2 unspecified atom stereocenters. The van der Waals surface area contributed by atoms with Gasteiger partial charge in [-0.15, -0.1) is 11.8 Å². The zero-order valence-electron chi connectivity index (χ0n) is 24.2. The van der Waals surface area contributed by atoms with E-state index in [0.717, 1.165) is 39.3 Å². The van der Waals surface area contributed by atoms with Gasteiger partial charge in [0, 0.05) is 28.9 Å². The summed E-state index contributed by atoms with van der Waals surface area (Å²) in [6.45, 7) is 0. The molecule has 0 amide bonds. The summed E-state index contributed by atoms with van der Waals surface area (Å²) < 4.78 is 2.23. The van der Waals surface area contributed by atoms with Crippen LogP contribution in [0, 0.1) is 0 Å². The fourth-order valence-corrected chi connectivity index (χ4v) is 8.29. The van der Waals surface area contributed by atoms with E-state index in [4.69, 9.17) is 15.0 Å². The normalized spacial score (nSPS) is 15.9. The maximum Gasteiger partial charge on any atom is 0.164 e. The van der Waals surface area contributed by atoms with Gasteiger partial charge in [-0.2, -0.15) is 0 Å². The van der Waals surface area contributed by atoms with Gasteiger partial charge in [-0.05, 0) is 59.0 Å². The van der Waals surface area contributed by atoms with E-state index in [-0.39, 0.29) is 10.6 Å². The van der Waals surface area contributed by atoms with Gasteiger partial charge in [-0.3, -0.25) is 9.55 Å². The van der Waals surface area contributed by atoms with Crippen LogP contribution < -0.4 is 4.90 Å². The van der Waals surface area contributed by atoms with Gasteiger partial charge >= 0.3 is 0 Å². The Labute approximate surface area is 264 Å². The average molecular weight is 598 g/mol. The number of aromatic nitrogens is 4. The van der Waals surface area contributed by atoms with Gasteiger partial charge in [0.25, 0.3) is 0 Å². The predicted molar refractivity (Wildman–Crippen MR) is 185 cm³/mol. The molecule has 9 rings (SSSR count). The number of rotatable bonds is 5. The summed E-state index contributed by atoms with van der Waals surface area (Å²) in [5.74, 6) is 0.952. The molecule has 0 bridgehead atoms. The minimum Gasteiger partial charge on any atom is -0.324 e. The average Bonchev–Trinajstić information content (AvgIpc) is 3.68. The van der Waals surface area contributed by atoms with Gasteiger partial charge in [0.05, 0.1) is 22.1 Å². The lowest BCUT2D eigenvalue weighted by molar-refractivity contribution is 0.916. The van der Waals surface area contributed by atoms with Crippen LogP contribution in [0.3, 0.4) is 0 Å². The number of benzene rings is 5. The summed E-state index contributed by atoms with van der Waals surface area (Å²) in [4.78, 5) is 17.5. The lowest BCUT2D eigenvalue weighted by atomic mass is 10.0. The molecule has 0 spiro atoms. The highest BCUT2D eigenvalue weighted by atomic mass is 32.2. The molecule has 0 N–H and O–H groups in total. The van der Waals surface area contributed by atoms with Crippen molar-refractivity contribution in [1.29, 1.82) is 0 Å². The summed E-state index contributed by atoms with van der Waals surface area (Å²) in [7, 11) is 0. The van der Waals surface area contributed by atoms with Crippen LogP contribution in [0.4, 0.5) is 11.4 Å². The zero-order chi connectivity index (χ0) is 29.7. The second-order valence-corrected chi connectivity index (χ2v) is 12.4. The molecule has 5 aromatic carbocycles. The van der Waals surface area contributed by atoms with E-state index in [1.54, 1.807) is 0 Å². The highest BCUT2D eigenvalue weighted by molar-refractivity contribution is 8.00. The molecule has 0 saturated heterocycles. The first-order chi connectivity index (χ1) is 22.3. The molecule has 3 aromatic heterocycles. The van der Waals surface area contributed by atoms with Crippen molar-refractivity contribution >= 4 is 56.0 Å². The summed E-state index contributed by atoms with van der Waals surface area (Å²) in [5.41, 5.74) is 8.50. The number of fused-ring (bicyclic) bond motifs is 4. The molecule has 214 valence electrons. The largest absolute Gasteiger partial charge is 0.324 e. The maximum absolute atomic E-state index is 5.30. The van der Waals surface area contributed by atoms with E-state index < -0.39 is 0 Å². The van der Waals surface area contributed by atoms with Crippen LogP contribution in [0.25, 0.3) is 38.5 Å². The van der Waals surface area contributed by atoms with E-state index in [0.29, 0.717) is 0 Å². The number of thioether (sulfide) groups is 1. The van der Waals surface area contributed by atoms with Crippen LogP contribution in [-0.4, -0.2) is 19.5 Å². The van der Waals surface area contributed by atoms with Crippen LogP contribution in [0.1, 0.15) is 27.6 Å². The van der Waals surface area contributed by atoms with Crippen molar-refractivity contribution in [2.24, 2.45) is 0 Å². The van der Waals surface area contributed by atoms with Crippen molar-refractivity contribution in [3.8, 4) is 5.69 Å². The molecule has 0 radical (unpaired) electrons. The van der Waals surface area contributed by atoms with Crippen LogP contribution in [0.5, 0.6) is 0 Å². The third-order valence-corrected chi connectivity index (χ3v) is 10.1. The Morgan fingerprint density at radius 3 is 2.24 bits per heavy atom. The molecule has 1 aliphatic heterocycles. The lowest BCUT2D eigenvalue weighted by Crippen LogP contribution is -2.20. The number of pyridine rings is 2. The molecule has 6 heteroatoms. The Bertz CT molecular complexity index is 2340. The minimum atomic E-state index is -0.0412. The molecule has 0 aliphatic carbocycles. The van der Waals surface area contributed by atoms with Crippen molar-refractivity contribution in [1.82, 2.24) is 19.5 Å². The van der Waals surface area contributed by atoms with Gasteiger partial charge < -0.3 is 4.90 Å². The zero-order valence-corrected chi connectivity index (χ0v) is 25.0. The minimum absolute atomic E-state index is 0.00581. The molecule has 2 atom stereocenters. The van der Waals surface area contributed by atoms with Gasteiger partial charge in [0.2, 0.25) is 0 Å². The second kappa shape index (κ2) is 10.6. The highest BCUT2D eigenvalue weighted by Crippen LogP contribution is 2.58. The van der Waals surface area contributed by atoms with Crippen LogP contribution >= 0.6 is 11.8 Å². The molecule has 45 heavy (non-hydrogen) atoms. The van der Waals surface area contributed by atoms with Crippen LogP contribution in [0.15, 0.2) is 152 Å². The lowest BCUT2D eigenvalue weighted by Gasteiger charge is -2.32. The summed E-state index contributed by atoms with van der Waals surface area (Å²) >= 11 is 1.92. The molecule has 0 fully saturated rings. The monoisotopic (exact) mass is 597 g/mol. The van der Waals surface area contributed by atoms with E-state index in [2.05, 4.69) is 137 Å². The van der Waals surface area contributed by atoms with E-state index in [9.17, 15) is 0 Å². The number of nitrogens with zero attached hydrogens (tertiary/aromatic N) is 5. The third-order valence-electron chi connectivity index (χ3n) is 8.63. The van der Waals surface area contributed by atoms with Gasteiger partial charge in [-0.1, -0.05) is 97.1 Å². The van der Waals surface area contributed by atoms with Crippen molar-refractivity contribution in [3.05, 3.63) is 169 Å². The first-order valence-corrected chi connectivity index (χ1v) is 16.0. The van der Waals surface area contributed by atoms with Crippen molar-refractivity contribution < 1.29 is 0 Å². The molecular weight excluding hydrogens is 571 g/mol. The molecule has 1 aliphatic rings. The Balaban J connectivity index is 1.27. The second-order valence-electron chi connectivity index (χ2n) is 11.2. The number of anilines is 2. The molecule has 5 nitrogen and oxygen atoms in total. The first-order valence-electron chi connectivity index (χ1n) is 15.1. The summed E-state index contributed by atoms with van der Waals surface area (Å²) in [6.07, 6.45) is 3.70. The maximum atomic E-state index is 5.30. The molecule has 8 aromatic rings. The quantitative estimate of drug-likeness (QED) is 0.198. The molecular formula is C39H27N5S. The smallest absolute Gasteiger partial charge is 0.164 e. The number of para-hydroxylation sites is 2. The van der Waals surface area contributed by atoms with E-state index >= 15 is 0 Å². The van der Waals surface area contributed by atoms with Crippen molar-refractivity contribution in [3.63, 3.8) is 0 Å². The number of imidazole rings is 1. The number of hydrogen-bond acceptors (Lipinski definition) is 5. The fraction of sp³-hybridized carbons (Fsp3) is 0.0513. The van der Waals surface area contributed by atoms with Gasteiger partial charge in [0.1, 0.15) is 16.7 Å². The SMILES string of the molecule is c1ccc(N(c2cccc3ccccc23)C2SC(c3nc4cccnc4n3-c3cccc4cccnc34)c3ccccc32)cc1. The van der Waals surface area contributed by atoms with Gasteiger partial charge in [-0.25, -0.2) is 9.97 Å². The third kappa shape index (κ3) is 4.21. The summed E-state index contributed by atoms with van der Waals surface area (Å²) in [6, 6.07) is 49.2. The van der Waals surface area contributed by atoms with E-state index in [1.165, 1.54) is 27.6 Å². The highest BCUT2D eigenvalue weighted by Gasteiger charge is 2.40. The van der Waals surface area contributed by atoms with Crippen LogP contribution in [-0.2, 0) is 0 Å². The Hall–Kier alpha value is -5.46. The summed E-state index contributed by atoms with van der Waals surface area (Å²) in [5, 5.41) is 3.50. The van der Waals surface area contributed by atoms with E-state index in [1.807, 2.05) is 36.3 Å².